The van der Waals surface area contributed by atoms with E-state index in [4.69, 9.17) is 4.74 Å². The molecule has 4 aliphatic carbocycles. The molecule has 0 amide bonds. The SMILES string of the molecule is C=C(C)C(=O)OC1CC(=O)C=C2CC[C@@H]3[C@H]([C@@H](O)C[C@@]4(C)[C@H]3CC[C@]4(O)C(=O)CO)[C@]21C. The minimum Gasteiger partial charge on any atom is -0.458 e. The van der Waals surface area contributed by atoms with Crippen LogP contribution in [0.1, 0.15) is 59.3 Å². The lowest BCUT2D eigenvalue weighted by molar-refractivity contribution is -0.196. The lowest BCUT2D eigenvalue weighted by Gasteiger charge is -2.61. The van der Waals surface area contributed by atoms with Crippen LogP contribution in [0, 0.1) is 28.6 Å². The first-order valence-corrected chi connectivity index (χ1v) is 11.5. The molecule has 0 aromatic carbocycles. The largest absolute Gasteiger partial charge is 0.458 e. The summed E-state index contributed by atoms with van der Waals surface area (Å²) in [5.41, 5.74) is -2.07. The van der Waals surface area contributed by atoms with E-state index in [0.29, 0.717) is 12.8 Å². The van der Waals surface area contributed by atoms with E-state index in [1.807, 2.05) is 13.8 Å². The molecule has 8 atom stereocenters. The molecule has 0 bridgehead atoms. The number of Topliss-reactive ketones (excluding diaryl/α,β-unsaturated/α-hetero) is 1. The van der Waals surface area contributed by atoms with Crippen LogP contribution < -0.4 is 0 Å². The number of hydrogen-bond donors (Lipinski definition) is 3. The van der Waals surface area contributed by atoms with Gasteiger partial charge in [-0.2, -0.15) is 0 Å². The first kappa shape index (κ1) is 23.3. The van der Waals surface area contributed by atoms with Crippen molar-refractivity contribution < 1.29 is 34.4 Å². The van der Waals surface area contributed by atoms with Gasteiger partial charge in [0, 0.05) is 28.7 Å². The van der Waals surface area contributed by atoms with Crippen molar-refractivity contribution in [3.8, 4) is 0 Å². The Bertz CT molecular complexity index is 906. The maximum Gasteiger partial charge on any atom is 0.333 e. The van der Waals surface area contributed by atoms with Crippen LogP contribution in [0.2, 0.25) is 0 Å². The number of hydrogen-bond acceptors (Lipinski definition) is 7. The molecule has 7 heteroatoms. The van der Waals surface area contributed by atoms with E-state index >= 15 is 0 Å². The minimum absolute atomic E-state index is 0.00866. The Morgan fingerprint density at radius 1 is 1.28 bits per heavy atom. The average molecular weight is 447 g/mol. The molecule has 3 N–H and O–H groups in total. The normalized spacial score (nSPS) is 45.2. The number of ether oxygens (including phenoxy) is 1. The van der Waals surface area contributed by atoms with E-state index in [1.54, 1.807) is 13.0 Å². The molecule has 0 aromatic rings. The van der Waals surface area contributed by atoms with Gasteiger partial charge in [0.05, 0.1) is 6.10 Å². The van der Waals surface area contributed by atoms with Gasteiger partial charge < -0.3 is 20.1 Å². The molecule has 7 nitrogen and oxygen atoms in total. The van der Waals surface area contributed by atoms with Gasteiger partial charge >= 0.3 is 5.97 Å². The predicted molar refractivity (Wildman–Crippen MR) is 115 cm³/mol. The Morgan fingerprint density at radius 3 is 2.59 bits per heavy atom. The van der Waals surface area contributed by atoms with Gasteiger partial charge in [-0.15, -0.1) is 0 Å². The lowest BCUT2D eigenvalue weighted by Crippen LogP contribution is -2.64. The Morgan fingerprint density at radius 2 is 1.97 bits per heavy atom. The fourth-order valence-corrected chi connectivity index (χ4v) is 7.69. The number of ketones is 2. The fraction of sp³-hybridized carbons (Fsp3) is 0.720. The second-order valence-electron chi connectivity index (χ2n) is 10.8. The molecule has 4 aliphatic rings. The summed E-state index contributed by atoms with van der Waals surface area (Å²) in [4.78, 5) is 37.4. The summed E-state index contributed by atoms with van der Waals surface area (Å²) in [6.45, 7) is 8.32. The molecule has 32 heavy (non-hydrogen) atoms. The summed E-state index contributed by atoms with van der Waals surface area (Å²) in [6.07, 6.45) is 2.60. The number of aliphatic hydroxyl groups is 3. The van der Waals surface area contributed by atoms with Crippen molar-refractivity contribution in [1.82, 2.24) is 0 Å². The number of esters is 1. The number of aliphatic hydroxyl groups excluding tert-OH is 2. The summed E-state index contributed by atoms with van der Waals surface area (Å²) in [6, 6.07) is 0. The van der Waals surface area contributed by atoms with E-state index in [2.05, 4.69) is 6.58 Å². The van der Waals surface area contributed by atoms with Gasteiger partial charge in [0.2, 0.25) is 0 Å². The first-order chi connectivity index (χ1) is 14.9. The second kappa shape index (κ2) is 7.61. The third kappa shape index (κ3) is 3.01. The van der Waals surface area contributed by atoms with Crippen molar-refractivity contribution in [2.45, 2.75) is 77.1 Å². The minimum atomic E-state index is -1.66. The van der Waals surface area contributed by atoms with Crippen molar-refractivity contribution in [3.05, 3.63) is 23.8 Å². The molecular formula is C25H34O7. The number of fused-ring (bicyclic) bond motifs is 5. The summed E-state index contributed by atoms with van der Waals surface area (Å²) < 4.78 is 5.78. The van der Waals surface area contributed by atoms with Crippen LogP contribution in [0.4, 0.5) is 0 Å². The third-order valence-electron chi connectivity index (χ3n) is 9.33. The predicted octanol–water partition coefficient (Wildman–Crippen LogP) is 1.88. The van der Waals surface area contributed by atoms with Gasteiger partial charge in [-0.3, -0.25) is 9.59 Å². The van der Waals surface area contributed by atoms with Crippen LogP contribution in [0.25, 0.3) is 0 Å². The van der Waals surface area contributed by atoms with Crippen LogP contribution >= 0.6 is 0 Å². The zero-order valence-electron chi connectivity index (χ0n) is 19.1. The van der Waals surface area contributed by atoms with Gasteiger partial charge in [-0.1, -0.05) is 26.0 Å². The summed E-state index contributed by atoms with van der Waals surface area (Å²) in [7, 11) is 0. The topological polar surface area (TPSA) is 121 Å². The molecule has 0 spiro atoms. The van der Waals surface area contributed by atoms with Gasteiger partial charge in [0.15, 0.2) is 11.6 Å². The Hall–Kier alpha value is -1.83. The number of carbonyl (C=O) groups excluding carboxylic acids is 3. The van der Waals surface area contributed by atoms with Crippen molar-refractivity contribution in [2.24, 2.45) is 28.6 Å². The highest BCUT2D eigenvalue weighted by Gasteiger charge is 2.69. The first-order valence-electron chi connectivity index (χ1n) is 11.5. The van der Waals surface area contributed by atoms with E-state index in [-0.39, 0.29) is 48.4 Å². The maximum absolute atomic E-state index is 12.5. The second-order valence-corrected chi connectivity index (χ2v) is 10.8. The van der Waals surface area contributed by atoms with Gasteiger partial charge in [-0.05, 0) is 56.9 Å². The van der Waals surface area contributed by atoms with Gasteiger partial charge in [-0.25, -0.2) is 4.79 Å². The van der Waals surface area contributed by atoms with Crippen molar-refractivity contribution >= 4 is 17.5 Å². The third-order valence-corrected chi connectivity index (χ3v) is 9.33. The number of carbonyl (C=O) groups is 3. The van der Waals surface area contributed by atoms with Crippen LogP contribution in [0.3, 0.4) is 0 Å². The van der Waals surface area contributed by atoms with E-state index in [1.165, 1.54) is 0 Å². The van der Waals surface area contributed by atoms with Crippen LogP contribution in [0.5, 0.6) is 0 Å². The molecule has 0 saturated heterocycles. The van der Waals surface area contributed by atoms with Gasteiger partial charge in [0.1, 0.15) is 18.3 Å². The standard InChI is InChI=1S/C25H34O7/c1-13(2)22(30)32-20-10-15(27)9-14-5-6-16-17-7-8-25(31,19(29)12-26)23(17,3)11-18(28)21(16)24(14,20)4/h9,16-18,20-21,26,28,31H,1,5-8,10-12H2,2-4H3/t16-,17-,18-,20?,21+,23-,24+,25-/m0/s1. The van der Waals surface area contributed by atoms with E-state index in [9.17, 15) is 29.7 Å². The van der Waals surface area contributed by atoms with Crippen molar-refractivity contribution in [1.29, 1.82) is 0 Å². The highest BCUT2D eigenvalue weighted by Crippen LogP contribution is 2.67. The molecule has 0 heterocycles. The highest BCUT2D eigenvalue weighted by atomic mass is 16.5. The molecule has 3 saturated carbocycles. The van der Waals surface area contributed by atoms with E-state index < -0.39 is 47.0 Å². The molecule has 3 fully saturated rings. The molecule has 4 rings (SSSR count). The Balaban J connectivity index is 1.75. The lowest BCUT2D eigenvalue weighted by atomic mass is 9.44. The van der Waals surface area contributed by atoms with Crippen LogP contribution in [-0.4, -0.2) is 57.3 Å². The molecule has 0 radical (unpaired) electrons. The summed E-state index contributed by atoms with van der Waals surface area (Å²) in [5.74, 6) is -1.54. The highest BCUT2D eigenvalue weighted by molar-refractivity contribution is 5.93. The summed E-state index contributed by atoms with van der Waals surface area (Å²) in [5, 5.41) is 32.3. The molecule has 0 aromatic heterocycles. The quantitative estimate of drug-likeness (QED) is 0.445. The van der Waals surface area contributed by atoms with Gasteiger partial charge in [0.25, 0.3) is 0 Å². The number of rotatable bonds is 4. The van der Waals surface area contributed by atoms with Crippen molar-refractivity contribution in [2.75, 3.05) is 6.61 Å². The average Bonchev–Trinajstić information content (AvgIpc) is 2.99. The maximum atomic E-state index is 12.5. The molecular weight excluding hydrogens is 412 g/mol. The summed E-state index contributed by atoms with van der Waals surface area (Å²) >= 11 is 0. The smallest absolute Gasteiger partial charge is 0.333 e. The molecule has 0 aliphatic heterocycles. The van der Waals surface area contributed by atoms with E-state index in [0.717, 1.165) is 12.0 Å². The Labute approximate surface area is 188 Å². The monoisotopic (exact) mass is 446 g/mol. The zero-order chi connectivity index (χ0) is 23.6. The van der Waals surface area contributed by atoms with Crippen molar-refractivity contribution in [3.63, 3.8) is 0 Å². The fourth-order valence-electron chi connectivity index (χ4n) is 7.69. The zero-order valence-corrected chi connectivity index (χ0v) is 19.1. The molecule has 176 valence electrons. The van der Waals surface area contributed by atoms with Crippen LogP contribution in [-0.2, 0) is 19.1 Å². The van der Waals surface area contributed by atoms with Crippen LogP contribution in [0.15, 0.2) is 23.8 Å². The Kier molecular flexibility index (Phi) is 5.55. The molecule has 1 unspecified atom stereocenters.